The summed E-state index contributed by atoms with van der Waals surface area (Å²) in [6.45, 7) is 7.03. The summed E-state index contributed by atoms with van der Waals surface area (Å²) in [6, 6.07) is 0.717. The summed E-state index contributed by atoms with van der Waals surface area (Å²) in [6.07, 6.45) is 7.22. The van der Waals surface area contributed by atoms with Crippen LogP contribution in [0, 0.1) is 5.92 Å². The fraction of sp³-hybridized carbons (Fsp3) is 0.933. The van der Waals surface area contributed by atoms with Crippen LogP contribution in [0.25, 0.3) is 0 Å². The van der Waals surface area contributed by atoms with Gasteiger partial charge in [-0.2, -0.15) is 0 Å². The lowest BCUT2D eigenvalue weighted by molar-refractivity contribution is -0.136. The van der Waals surface area contributed by atoms with Crippen molar-refractivity contribution in [3.63, 3.8) is 0 Å². The average molecular weight is 267 g/mol. The highest BCUT2D eigenvalue weighted by Gasteiger charge is 2.28. The van der Waals surface area contributed by atoms with Gasteiger partial charge in [-0.15, -0.1) is 0 Å². The molecule has 110 valence electrons. The summed E-state index contributed by atoms with van der Waals surface area (Å²) in [5, 5.41) is 0. The number of piperidine rings is 2. The number of hydrogen-bond donors (Lipinski definition) is 1. The summed E-state index contributed by atoms with van der Waals surface area (Å²) in [5.41, 5.74) is 5.54. The predicted molar refractivity (Wildman–Crippen MR) is 77.9 cm³/mol. The number of rotatable bonds is 4. The zero-order valence-corrected chi connectivity index (χ0v) is 12.3. The largest absolute Gasteiger partial charge is 0.342 e. The first-order valence-electron chi connectivity index (χ1n) is 7.95. The molecule has 2 aliphatic heterocycles. The van der Waals surface area contributed by atoms with Gasteiger partial charge in [0.15, 0.2) is 0 Å². The number of carbonyl (C=O) groups excluding carboxylic acids is 1. The fourth-order valence-electron chi connectivity index (χ4n) is 3.42. The molecule has 0 aromatic carbocycles. The maximum absolute atomic E-state index is 12.2. The van der Waals surface area contributed by atoms with Gasteiger partial charge in [0.05, 0.1) is 0 Å². The molecule has 4 heteroatoms. The van der Waals surface area contributed by atoms with Crippen LogP contribution in [0.4, 0.5) is 0 Å². The topological polar surface area (TPSA) is 49.6 Å². The lowest BCUT2D eigenvalue weighted by atomic mass is 9.98. The van der Waals surface area contributed by atoms with Crippen LogP contribution in [0.15, 0.2) is 0 Å². The Morgan fingerprint density at radius 3 is 2.37 bits per heavy atom. The first-order valence-corrected chi connectivity index (χ1v) is 7.95. The van der Waals surface area contributed by atoms with Gasteiger partial charge in [-0.25, -0.2) is 0 Å². The van der Waals surface area contributed by atoms with Crippen molar-refractivity contribution in [1.82, 2.24) is 9.80 Å². The SMILES string of the molecule is CC(CCN)C(=O)N1CCC(N2CCCCC2)CC1. The Labute approximate surface area is 117 Å². The molecule has 2 aliphatic rings. The molecule has 0 aromatic heterocycles. The van der Waals surface area contributed by atoms with Gasteiger partial charge in [0.1, 0.15) is 0 Å². The third-order valence-corrected chi connectivity index (χ3v) is 4.70. The minimum Gasteiger partial charge on any atom is -0.342 e. The smallest absolute Gasteiger partial charge is 0.225 e. The van der Waals surface area contributed by atoms with Crippen LogP contribution in [0.3, 0.4) is 0 Å². The van der Waals surface area contributed by atoms with E-state index < -0.39 is 0 Å². The molecule has 2 saturated heterocycles. The van der Waals surface area contributed by atoms with Crippen molar-refractivity contribution in [3.05, 3.63) is 0 Å². The molecular formula is C15H29N3O. The Bertz CT molecular complexity index is 281. The third kappa shape index (κ3) is 3.93. The standard InChI is InChI=1S/C15H29N3O/c1-13(5-8-16)15(19)18-11-6-14(7-12-18)17-9-3-2-4-10-17/h13-14H,2-12,16H2,1H3. The van der Waals surface area contributed by atoms with Gasteiger partial charge in [0, 0.05) is 25.0 Å². The second-order valence-corrected chi connectivity index (χ2v) is 6.13. The predicted octanol–water partition coefficient (Wildman–Crippen LogP) is 1.45. The van der Waals surface area contributed by atoms with Crippen LogP contribution in [0.1, 0.15) is 45.4 Å². The molecule has 2 fully saturated rings. The zero-order chi connectivity index (χ0) is 13.7. The van der Waals surface area contributed by atoms with Crippen molar-refractivity contribution >= 4 is 5.91 Å². The number of likely N-dealkylation sites (tertiary alicyclic amines) is 2. The quantitative estimate of drug-likeness (QED) is 0.838. The Morgan fingerprint density at radius 2 is 1.79 bits per heavy atom. The van der Waals surface area contributed by atoms with Crippen molar-refractivity contribution in [2.45, 2.75) is 51.5 Å². The first-order chi connectivity index (χ1) is 9.22. The van der Waals surface area contributed by atoms with Crippen molar-refractivity contribution in [3.8, 4) is 0 Å². The van der Waals surface area contributed by atoms with E-state index >= 15 is 0 Å². The molecule has 0 aliphatic carbocycles. The van der Waals surface area contributed by atoms with E-state index in [1.807, 2.05) is 6.92 Å². The van der Waals surface area contributed by atoms with Gasteiger partial charge in [-0.05, 0) is 51.7 Å². The fourth-order valence-corrected chi connectivity index (χ4v) is 3.42. The van der Waals surface area contributed by atoms with Gasteiger partial charge in [-0.3, -0.25) is 4.79 Å². The van der Waals surface area contributed by atoms with E-state index in [0.717, 1.165) is 32.4 Å². The minimum atomic E-state index is 0.0940. The molecule has 1 atom stereocenters. The molecule has 19 heavy (non-hydrogen) atoms. The Hall–Kier alpha value is -0.610. The zero-order valence-electron chi connectivity index (χ0n) is 12.3. The van der Waals surface area contributed by atoms with E-state index in [9.17, 15) is 4.79 Å². The molecule has 0 spiro atoms. The second-order valence-electron chi connectivity index (χ2n) is 6.13. The molecule has 0 aromatic rings. The summed E-state index contributed by atoms with van der Waals surface area (Å²) >= 11 is 0. The highest BCUT2D eigenvalue weighted by molar-refractivity contribution is 5.78. The van der Waals surface area contributed by atoms with Crippen LogP contribution >= 0.6 is 0 Å². The van der Waals surface area contributed by atoms with Gasteiger partial charge in [0.2, 0.25) is 5.91 Å². The number of nitrogens with two attached hydrogens (primary N) is 1. The second kappa shape index (κ2) is 7.25. The summed E-state index contributed by atoms with van der Waals surface area (Å²) in [4.78, 5) is 16.9. The number of hydrogen-bond acceptors (Lipinski definition) is 3. The van der Waals surface area contributed by atoms with Crippen molar-refractivity contribution < 1.29 is 4.79 Å². The number of amides is 1. The van der Waals surface area contributed by atoms with E-state index in [-0.39, 0.29) is 5.92 Å². The van der Waals surface area contributed by atoms with Crippen LogP contribution in [0.5, 0.6) is 0 Å². The highest BCUT2D eigenvalue weighted by Crippen LogP contribution is 2.22. The van der Waals surface area contributed by atoms with Crippen molar-refractivity contribution in [2.75, 3.05) is 32.7 Å². The maximum Gasteiger partial charge on any atom is 0.225 e. The number of carbonyl (C=O) groups is 1. The summed E-state index contributed by atoms with van der Waals surface area (Å²) < 4.78 is 0. The van der Waals surface area contributed by atoms with E-state index in [1.54, 1.807) is 0 Å². The third-order valence-electron chi connectivity index (χ3n) is 4.70. The molecule has 1 unspecified atom stereocenters. The van der Waals surface area contributed by atoms with Gasteiger partial charge >= 0.3 is 0 Å². The molecule has 4 nitrogen and oxygen atoms in total. The Balaban J connectivity index is 1.76. The molecular weight excluding hydrogens is 238 g/mol. The average Bonchev–Trinajstić information content (AvgIpc) is 2.48. The molecule has 2 rings (SSSR count). The van der Waals surface area contributed by atoms with E-state index in [4.69, 9.17) is 5.73 Å². The maximum atomic E-state index is 12.2. The van der Waals surface area contributed by atoms with Crippen molar-refractivity contribution in [2.24, 2.45) is 11.7 Å². The van der Waals surface area contributed by atoms with Crippen LogP contribution in [-0.2, 0) is 4.79 Å². The van der Waals surface area contributed by atoms with Gasteiger partial charge < -0.3 is 15.5 Å². The highest BCUT2D eigenvalue weighted by atomic mass is 16.2. The Morgan fingerprint density at radius 1 is 1.16 bits per heavy atom. The molecule has 0 bridgehead atoms. The lowest BCUT2D eigenvalue weighted by Gasteiger charge is -2.40. The van der Waals surface area contributed by atoms with Crippen LogP contribution in [-0.4, -0.2) is 54.5 Å². The van der Waals surface area contributed by atoms with Crippen molar-refractivity contribution in [1.29, 1.82) is 0 Å². The summed E-state index contributed by atoms with van der Waals surface area (Å²) in [7, 11) is 0. The Kier molecular flexibility index (Phi) is 5.64. The first kappa shape index (κ1) is 14.8. The molecule has 0 radical (unpaired) electrons. The minimum absolute atomic E-state index is 0.0940. The summed E-state index contributed by atoms with van der Waals surface area (Å²) in [5.74, 6) is 0.402. The lowest BCUT2D eigenvalue weighted by Crippen LogP contribution is -2.49. The molecule has 0 saturated carbocycles. The van der Waals surface area contributed by atoms with E-state index in [1.165, 1.54) is 32.4 Å². The van der Waals surface area contributed by atoms with E-state index in [2.05, 4.69) is 9.80 Å². The normalized spacial score (nSPS) is 24.4. The molecule has 1 amide bonds. The van der Waals surface area contributed by atoms with Crippen LogP contribution in [0.2, 0.25) is 0 Å². The van der Waals surface area contributed by atoms with Crippen LogP contribution < -0.4 is 5.73 Å². The van der Waals surface area contributed by atoms with Gasteiger partial charge in [0.25, 0.3) is 0 Å². The number of nitrogens with zero attached hydrogens (tertiary/aromatic N) is 2. The van der Waals surface area contributed by atoms with E-state index in [0.29, 0.717) is 18.5 Å². The monoisotopic (exact) mass is 267 g/mol. The molecule has 2 N–H and O–H groups in total. The van der Waals surface area contributed by atoms with Gasteiger partial charge in [-0.1, -0.05) is 13.3 Å². The molecule has 2 heterocycles.